The molecule has 4 aromatic rings. The standard InChI is InChI=1S/C36H42FN5O4S/c1-22-13-16-42(23(2)17-34(43)45-3)15-4-5-25(22)18-24-6-10-29(39-21-24)33-20-30-35(47-33)32(12-14-38-30)46-31-11-9-27(19-28(31)37)41-36(44)40-26-7-8-26/h6,9-12,14,19-23,25-26H,4-5,7-8,13,15-18H2,1-3H3,(H2,40,41,44). The summed E-state index contributed by atoms with van der Waals surface area (Å²) >= 11 is 1.51. The number of hydrogen-bond donors (Lipinski definition) is 2. The van der Waals surface area contributed by atoms with Gasteiger partial charge in [0.2, 0.25) is 0 Å². The number of benzene rings is 1. The molecule has 3 aromatic heterocycles. The maximum atomic E-state index is 15.0. The number of pyridine rings is 2. The molecule has 0 bridgehead atoms. The number of ether oxygens (including phenoxy) is 2. The molecule has 47 heavy (non-hydrogen) atoms. The molecule has 1 aliphatic carbocycles. The number of carbonyl (C=O) groups is 2. The van der Waals surface area contributed by atoms with E-state index in [0.29, 0.717) is 29.7 Å². The Labute approximate surface area is 278 Å². The minimum absolute atomic E-state index is 0.0648. The largest absolute Gasteiger partial charge is 0.469 e. The first-order valence-electron chi connectivity index (χ1n) is 16.5. The van der Waals surface area contributed by atoms with Crippen molar-refractivity contribution in [3.8, 4) is 22.1 Å². The lowest BCUT2D eigenvalue weighted by molar-refractivity contribution is -0.142. The Hall–Kier alpha value is -4.09. The number of nitrogens with zero attached hydrogens (tertiary/aromatic N) is 3. The molecule has 3 unspecified atom stereocenters. The number of likely N-dealkylation sites (tertiary alicyclic amines) is 1. The predicted molar refractivity (Wildman–Crippen MR) is 182 cm³/mol. The molecule has 1 saturated heterocycles. The van der Waals surface area contributed by atoms with Crippen molar-refractivity contribution in [2.24, 2.45) is 11.8 Å². The molecule has 6 rings (SSSR count). The molecule has 2 N–H and O–H groups in total. The molecule has 1 saturated carbocycles. The van der Waals surface area contributed by atoms with E-state index in [1.165, 1.54) is 36.1 Å². The third-order valence-electron chi connectivity index (χ3n) is 9.28. The smallest absolute Gasteiger partial charge is 0.319 e. The van der Waals surface area contributed by atoms with Gasteiger partial charge in [-0.05, 0) is 100 Å². The van der Waals surface area contributed by atoms with Gasteiger partial charge >= 0.3 is 12.0 Å². The third-order valence-corrected chi connectivity index (χ3v) is 10.4. The summed E-state index contributed by atoms with van der Waals surface area (Å²) < 4.78 is 26.6. The lowest BCUT2D eigenvalue weighted by Crippen LogP contribution is -2.39. The highest BCUT2D eigenvalue weighted by atomic mass is 32.1. The van der Waals surface area contributed by atoms with Crippen molar-refractivity contribution < 1.29 is 23.5 Å². The number of rotatable bonds is 10. The van der Waals surface area contributed by atoms with Crippen molar-refractivity contribution in [2.75, 3.05) is 25.5 Å². The number of aromatic nitrogens is 2. The monoisotopic (exact) mass is 659 g/mol. The van der Waals surface area contributed by atoms with Crippen molar-refractivity contribution in [1.82, 2.24) is 20.2 Å². The summed E-state index contributed by atoms with van der Waals surface area (Å²) in [4.78, 5) is 36.5. The lowest BCUT2D eigenvalue weighted by Gasteiger charge is -2.35. The second-order valence-corrected chi connectivity index (χ2v) is 13.9. The molecule has 4 heterocycles. The number of thiophene rings is 1. The summed E-state index contributed by atoms with van der Waals surface area (Å²) in [5.41, 5.74) is 3.19. The van der Waals surface area contributed by atoms with E-state index in [0.717, 1.165) is 72.4 Å². The molecule has 2 amide bonds. The number of methoxy groups -OCH3 is 1. The molecule has 0 spiro atoms. The number of carbonyl (C=O) groups excluding carboxylic acids is 2. The van der Waals surface area contributed by atoms with Crippen LogP contribution in [-0.2, 0) is 16.0 Å². The predicted octanol–water partition coefficient (Wildman–Crippen LogP) is 7.81. The van der Waals surface area contributed by atoms with Crippen LogP contribution in [0.4, 0.5) is 14.9 Å². The van der Waals surface area contributed by atoms with Gasteiger partial charge in [0, 0.05) is 42.3 Å². The molecule has 9 nitrogen and oxygen atoms in total. The van der Waals surface area contributed by atoms with Crippen LogP contribution in [0.15, 0.2) is 54.9 Å². The number of esters is 1. The Morgan fingerprint density at radius 1 is 1.06 bits per heavy atom. The van der Waals surface area contributed by atoms with Gasteiger partial charge < -0.3 is 25.0 Å². The van der Waals surface area contributed by atoms with E-state index in [-0.39, 0.29) is 29.8 Å². The highest BCUT2D eigenvalue weighted by Crippen LogP contribution is 2.39. The first-order chi connectivity index (χ1) is 22.7. The number of halogens is 1. The number of nitrogens with one attached hydrogen (secondary N) is 2. The minimum Gasteiger partial charge on any atom is -0.469 e. The topological polar surface area (TPSA) is 106 Å². The van der Waals surface area contributed by atoms with E-state index in [9.17, 15) is 14.0 Å². The van der Waals surface area contributed by atoms with Gasteiger partial charge in [0.1, 0.15) is 5.75 Å². The van der Waals surface area contributed by atoms with Gasteiger partial charge in [0.25, 0.3) is 0 Å². The normalized spacial score (nSPS) is 19.4. The zero-order chi connectivity index (χ0) is 32.9. The Morgan fingerprint density at radius 3 is 2.66 bits per heavy atom. The fourth-order valence-corrected chi connectivity index (χ4v) is 7.27. The summed E-state index contributed by atoms with van der Waals surface area (Å²) in [5, 5.41) is 5.49. The van der Waals surface area contributed by atoms with Crippen LogP contribution in [0.5, 0.6) is 11.5 Å². The maximum absolute atomic E-state index is 15.0. The first-order valence-corrected chi connectivity index (χ1v) is 17.3. The van der Waals surface area contributed by atoms with Crippen molar-refractivity contribution in [2.45, 2.75) is 70.9 Å². The lowest BCUT2D eigenvalue weighted by atomic mass is 9.81. The van der Waals surface area contributed by atoms with E-state index in [1.54, 1.807) is 18.3 Å². The van der Waals surface area contributed by atoms with Crippen molar-refractivity contribution in [1.29, 1.82) is 0 Å². The average Bonchev–Trinajstić information content (AvgIpc) is 3.75. The zero-order valence-electron chi connectivity index (χ0n) is 27.1. The van der Waals surface area contributed by atoms with E-state index in [2.05, 4.69) is 46.5 Å². The molecule has 1 aliphatic heterocycles. The van der Waals surface area contributed by atoms with Gasteiger partial charge in [-0.15, -0.1) is 11.3 Å². The van der Waals surface area contributed by atoms with Crippen LogP contribution in [0.3, 0.4) is 0 Å². The summed E-state index contributed by atoms with van der Waals surface area (Å²) in [7, 11) is 1.45. The van der Waals surface area contributed by atoms with E-state index in [4.69, 9.17) is 14.5 Å². The number of amides is 2. The Bertz CT molecular complexity index is 1710. The summed E-state index contributed by atoms with van der Waals surface area (Å²) in [6.45, 7) is 6.45. The number of urea groups is 1. The van der Waals surface area contributed by atoms with Gasteiger partial charge in [-0.1, -0.05) is 13.0 Å². The van der Waals surface area contributed by atoms with Crippen LogP contribution < -0.4 is 15.4 Å². The average molecular weight is 660 g/mol. The first kappa shape index (κ1) is 32.8. The molecular weight excluding hydrogens is 617 g/mol. The second-order valence-electron chi connectivity index (χ2n) is 12.8. The number of anilines is 1. The Morgan fingerprint density at radius 2 is 1.91 bits per heavy atom. The summed E-state index contributed by atoms with van der Waals surface area (Å²) in [6.07, 6.45) is 10.4. The molecule has 0 radical (unpaired) electrons. The third kappa shape index (κ3) is 8.44. The fourth-order valence-electron chi connectivity index (χ4n) is 6.23. The second kappa shape index (κ2) is 14.8. The summed E-state index contributed by atoms with van der Waals surface area (Å²) in [6, 6.07) is 12.4. The highest BCUT2D eigenvalue weighted by Gasteiger charge is 2.26. The van der Waals surface area contributed by atoms with E-state index >= 15 is 0 Å². The van der Waals surface area contributed by atoms with E-state index in [1.807, 2.05) is 12.3 Å². The van der Waals surface area contributed by atoms with Crippen molar-refractivity contribution >= 4 is 39.2 Å². The quantitative estimate of drug-likeness (QED) is 0.167. The molecule has 3 atom stereocenters. The minimum atomic E-state index is -0.572. The molecule has 2 fully saturated rings. The highest BCUT2D eigenvalue weighted by molar-refractivity contribution is 7.22. The van der Waals surface area contributed by atoms with Gasteiger partial charge in [0.15, 0.2) is 11.6 Å². The van der Waals surface area contributed by atoms with Crippen LogP contribution in [0.2, 0.25) is 0 Å². The van der Waals surface area contributed by atoms with Crippen LogP contribution in [-0.4, -0.2) is 59.2 Å². The molecular formula is C36H42FN5O4S. The van der Waals surface area contributed by atoms with Crippen LogP contribution >= 0.6 is 11.3 Å². The van der Waals surface area contributed by atoms with E-state index < -0.39 is 5.82 Å². The van der Waals surface area contributed by atoms with Gasteiger partial charge in [-0.25, -0.2) is 9.18 Å². The van der Waals surface area contributed by atoms with Gasteiger partial charge in [-0.3, -0.25) is 14.8 Å². The number of hydrogen-bond acceptors (Lipinski definition) is 8. The van der Waals surface area contributed by atoms with Crippen molar-refractivity contribution in [3.05, 3.63) is 66.2 Å². The summed E-state index contributed by atoms with van der Waals surface area (Å²) in [5.74, 6) is 1.000. The maximum Gasteiger partial charge on any atom is 0.319 e. The molecule has 248 valence electrons. The SMILES string of the molecule is COC(=O)CC(C)N1CCCC(Cc2ccc(-c3cc4nccc(Oc5ccc(NC(=O)NC6CC6)cc5F)c4s3)nc2)C(C)CC1. The Kier molecular flexibility index (Phi) is 10.3. The van der Waals surface area contributed by atoms with Crippen LogP contribution in [0.25, 0.3) is 20.8 Å². The Balaban J connectivity index is 1.08. The van der Waals surface area contributed by atoms with Crippen molar-refractivity contribution in [3.63, 3.8) is 0 Å². The fraction of sp³-hybridized carbons (Fsp3) is 0.444. The molecule has 11 heteroatoms. The zero-order valence-corrected chi connectivity index (χ0v) is 27.9. The number of fused-ring (bicyclic) bond motifs is 1. The molecule has 1 aromatic carbocycles. The van der Waals surface area contributed by atoms with Gasteiger partial charge in [0.05, 0.1) is 34.3 Å². The van der Waals surface area contributed by atoms with Gasteiger partial charge in [-0.2, -0.15) is 0 Å². The molecule has 2 aliphatic rings. The van der Waals surface area contributed by atoms with Crippen LogP contribution in [0, 0.1) is 17.7 Å². The van der Waals surface area contributed by atoms with Crippen LogP contribution in [0.1, 0.15) is 57.9 Å².